The number of pyridine rings is 1. The standard InChI is InChI=1S/C18H29BrN2O4S/c1-16(2,3)25-15(22)14(24-8)18(7,21-26(23)17(4,5)6)13-11-12(19)9-10-20-13/h9-11,14,21H,1-8H3/t14?,18-,26-/m1/s1. The molecule has 1 N–H and O–H groups in total. The molecule has 0 radical (unpaired) electrons. The molecule has 1 rings (SSSR count). The smallest absolute Gasteiger partial charge is 0.338 e. The second kappa shape index (κ2) is 8.56. The van der Waals surface area contributed by atoms with E-state index in [2.05, 4.69) is 25.6 Å². The Hall–Kier alpha value is -0.670. The van der Waals surface area contributed by atoms with Gasteiger partial charge in [-0.05, 0) is 60.6 Å². The van der Waals surface area contributed by atoms with Gasteiger partial charge in [0.1, 0.15) is 15.9 Å². The van der Waals surface area contributed by atoms with E-state index in [0.29, 0.717) is 5.69 Å². The number of nitrogens with one attached hydrogen (secondary N) is 1. The monoisotopic (exact) mass is 448 g/mol. The van der Waals surface area contributed by atoms with Gasteiger partial charge in [-0.15, -0.1) is 4.72 Å². The minimum atomic E-state index is -1.47. The summed E-state index contributed by atoms with van der Waals surface area (Å²) in [6.45, 7) is 12.6. The molecule has 0 aliphatic heterocycles. The lowest BCUT2D eigenvalue weighted by atomic mass is 9.91. The van der Waals surface area contributed by atoms with Crippen LogP contribution >= 0.6 is 15.9 Å². The topological polar surface area (TPSA) is 83.5 Å². The molecule has 6 nitrogen and oxygen atoms in total. The van der Waals surface area contributed by atoms with E-state index < -0.39 is 39.3 Å². The van der Waals surface area contributed by atoms with E-state index in [4.69, 9.17) is 9.47 Å². The van der Waals surface area contributed by atoms with Crippen LogP contribution in [0.25, 0.3) is 0 Å². The Morgan fingerprint density at radius 2 is 1.85 bits per heavy atom. The van der Waals surface area contributed by atoms with Crippen molar-refractivity contribution in [2.45, 2.75) is 70.5 Å². The van der Waals surface area contributed by atoms with E-state index in [9.17, 15) is 9.35 Å². The molecular weight excluding hydrogens is 420 g/mol. The van der Waals surface area contributed by atoms with Crippen LogP contribution < -0.4 is 4.72 Å². The molecule has 0 saturated heterocycles. The van der Waals surface area contributed by atoms with Gasteiger partial charge in [0.2, 0.25) is 0 Å². The van der Waals surface area contributed by atoms with Gasteiger partial charge in [-0.1, -0.05) is 15.9 Å². The highest BCUT2D eigenvalue weighted by molar-refractivity contribution is 9.10. The summed E-state index contributed by atoms with van der Waals surface area (Å²) in [5.41, 5.74) is -1.33. The van der Waals surface area contributed by atoms with E-state index in [0.717, 1.165) is 4.47 Å². The number of aromatic nitrogens is 1. The minimum absolute atomic E-state index is 0.516. The molecule has 0 aliphatic rings. The minimum Gasteiger partial charge on any atom is -0.598 e. The lowest BCUT2D eigenvalue weighted by Crippen LogP contribution is -2.59. The second-order valence-corrected chi connectivity index (χ2v) is 11.1. The highest BCUT2D eigenvalue weighted by atomic mass is 79.9. The van der Waals surface area contributed by atoms with Crippen molar-refractivity contribution in [3.05, 3.63) is 28.5 Å². The van der Waals surface area contributed by atoms with Crippen LogP contribution in [0.5, 0.6) is 0 Å². The quantitative estimate of drug-likeness (QED) is 0.529. The Kier molecular flexibility index (Phi) is 7.69. The first kappa shape index (κ1) is 23.4. The first-order chi connectivity index (χ1) is 11.7. The lowest BCUT2D eigenvalue weighted by Gasteiger charge is -2.38. The van der Waals surface area contributed by atoms with Gasteiger partial charge >= 0.3 is 5.97 Å². The Morgan fingerprint density at radius 1 is 1.27 bits per heavy atom. The average Bonchev–Trinajstić information content (AvgIpc) is 2.44. The van der Waals surface area contributed by atoms with E-state index in [1.54, 1.807) is 46.0 Å². The number of hydrogen-bond acceptors (Lipinski definition) is 6. The number of halogens is 1. The maximum absolute atomic E-state index is 12.8. The number of carbonyl (C=O) groups is 1. The predicted octanol–water partition coefficient (Wildman–Crippen LogP) is 3.47. The Balaban J connectivity index is 3.40. The summed E-state index contributed by atoms with van der Waals surface area (Å²) in [6, 6.07) is 3.54. The van der Waals surface area contributed by atoms with Crippen LogP contribution in [0.15, 0.2) is 22.8 Å². The van der Waals surface area contributed by atoms with Gasteiger partial charge in [-0.2, -0.15) is 0 Å². The first-order valence-corrected chi connectivity index (χ1v) is 10.2. The number of nitrogens with zero attached hydrogens (tertiary/aromatic N) is 1. The molecule has 0 amide bonds. The summed E-state index contributed by atoms with van der Waals surface area (Å²) in [7, 11) is 1.42. The van der Waals surface area contributed by atoms with Gasteiger partial charge in [0.05, 0.1) is 5.69 Å². The van der Waals surface area contributed by atoms with Crippen LogP contribution in [0, 0.1) is 0 Å². The van der Waals surface area contributed by atoms with Gasteiger partial charge in [-0.3, -0.25) is 4.98 Å². The molecule has 8 heteroatoms. The highest BCUT2D eigenvalue weighted by Gasteiger charge is 2.49. The van der Waals surface area contributed by atoms with Crippen LogP contribution in [-0.4, -0.2) is 39.1 Å². The maximum Gasteiger partial charge on any atom is 0.338 e. The molecule has 1 aromatic heterocycles. The SMILES string of the molecule is COC(C(=O)OC(C)(C)C)[C@](C)(N[S@+]([O-])C(C)(C)C)c1cc(Br)ccn1. The Bertz CT molecular complexity index is 630. The van der Waals surface area contributed by atoms with Crippen molar-refractivity contribution in [2.24, 2.45) is 0 Å². The summed E-state index contributed by atoms with van der Waals surface area (Å²) >= 11 is 1.95. The van der Waals surface area contributed by atoms with Gasteiger partial charge in [0, 0.05) is 29.1 Å². The van der Waals surface area contributed by atoms with Gasteiger partial charge in [0.25, 0.3) is 0 Å². The molecule has 0 aromatic carbocycles. The van der Waals surface area contributed by atoms with Crippen molar-refractivity contribution in [1.29, 1.82) is 0 Å². The molecule has 1 unspecified atom stereocenters. The molecule has 26 heavy (non-hydrogen) atoms. The van der Waals surface area contributed by atoms with E-state index >= 15 is 0 Å². The maximum atomic E-state index is 12.8. The largest absolute Gasteiger partial charge is 0.598 e. The Labute approximate surface area is 167 Å². The third kappa shape index (κ3) is 6.20. The molecule has 148 valence electrons. The number of carbonyl (C=O) groups excluding carboxylic acids is 1. The third-order valence-electron chi connectivity index (χ3n) is 3.50. The highest BCUT2D eigenvalue weighted by Crippen LogP contribution is 2.31. The number of ether oxygens (including phenoxy) is 2. The molecule has 0 aliphatic carbocycles. The van der Waals surface area contributed by atoms with E-state index in [1.165, 1.54) is 7.11 Å². The molecule has 1 aromatic rings. The van der Waals surface area contributed by atoms with Crippen LogP contribution in [-0.2, 0) is 31.2 Å². The zero-order valence-electron chi connectivity index (χ0n) is 16.7. The molecular formula is C18H29BrN2O4S. The summed E-state index contributed by atoms with van der Waals surface area (Å²) in [6.07, 6.45) is 0.566. The molecule has 1 heterocycles. The summed E-state index contributed by atoms with van der Waals surface area (Å²) < 4.78 is 27.1. The predicted molar refractivity (Wildman–Crippen MR) is 107 cm³/mol. The van der Waals surface area contributed by atoms with Crippen LogP contribution in [0.4, 0.5) is 0 Å². The van der Waals surface area contributed by atoms with Crippen molar-refractivity contribution >= 4 is 33.3 Å². The molecule has 0 saturated carbocycles. The zero-order chi connectivity index (χ0) is 20.3. The molecule has 3 atom stereocenters. The number of esters is 1. The number of rotatable bonds is 6. The van der Waals surface area contributed by atoms with Crippen LogP contribution in [0.1, 0.15) is 54.2 Å². The zero-order valence-corrected chi connectivity index (χ0v) is 19.1. The fraction of sp³-hybridized carbons (Fsp3) is 0.667. The molecule has 0 spiro atoms. The van der Waals surface area contributed by atoms with Crippen molar-refractivity contribution in [2.75, 3.05) is 7.11 Å². The van der Waals surface area contributed by atoms with Crippen LogP contribution in [0.3, 0.4) is 0 Å². The number of methoxy groups -OCH3 is 1. The average molecular weight is 449 g/mol. The van der Waals surface area contributed by atoms with Gasteiger partial charge in [0.15, 0.2) is 6.10 Å². The molecule has 0 fully saturated rings. The Morgan fingerprint density at radius 3 is 2.27 bits per heavy atom. The fourth-order valence-electron chi connectivity index (χ4n) is 2.20. The van der Waals surface area contributed by atoms with Crippen LogP contribution in [0.2, 0.25) is 0 Å². The second-order valence-electron chi connectivity index (χ2n) is 8.19. The van der Waals surface area contributed by atoms with Crippen molar-refractivity contribution in [3.63, 3.8) is 0 Å². The number of hydrogen-bond donors (Lipinski definition) is 1. The first-order valence-electron chi connectivity index (χ1n) is 8.28. The van der Waals surface area contributed by atoms with Gasteiger partial charge in [-0.25, -0.2) is 4.79 Å². The van der Waals surface area contributed by atoms with Gasteiger partial charge < -0.3 is 14.0 Å². The van der Waals surface area contributed by atoms with Crippen molar-refractivity contribution in [3.8, 4) is 0 Å². The van der Waals surface area contributed by atoms with E-state index in [1.807, 2.05) is 20.8 Å². The molecule has 0 bridgehead atoms. The van der Waals surface area contributed by atoms with Crippen molar-refractivity contribution < 1.29 is 18.8 Å². The summed E-state index contributed by atoms with van der Waals surface area (Å²) in [5.74, 6) is -0.553. The third-order valence-corrected chi connectivity index (χ3v) is 5.71. The van der Waals surface area contributed by atoms with E-state index in [-0.39, 0.29) is 0 Å². The normalized spacial score (nSPS) is 17.3. The van der Waals surface area contributed by atoms with Crippen molar-refractivity contribution in [1.82, 2.24) is 9.71 Å². The summed E-state index contributed by atoms with van der Waals surface area (Å²) in [5, 5.41) is 0. The fourth-order valence-corrected chi connectivity index (χ4v) is 3.44. The lowest BCUT2D eigenvalue weighted by molar-refractivity contribution is -0.171. The summed E-state index contributed by atoms with van der Waals surface area (Å²) in [4.78, 5) is 17.2.